The third kappa shape index (κ3) is 5.95. The van der Waals surface area contributed by atoms with Gasteiger partial charge in [0.2, 0.25) is 11.8 Å². The van der Waals surface area contributed by atoms with Crippen molar-refractivity contribution >= 4 is 29.4 Å². The molecule has 5 rings (SSSR count). The van der Waals surface area contributed by atoms with Gasteiger partial charge in [-0.3, -0.25) is 14.5 Å². The average Bonchev–Trinajstić information content (AvgIpc) is 3.26. The van der Waals surface area contributed by atoms with Gasteiger partial charge in [-0.05, 0) is 56.4 Å². The highest BCUT2D eigenvalue weighted by molar-refractivity contribution is 8.00. The van der Waals surface area contributed by atoms with Crippen LogP contribution in [0.5, 0.6) is 0 Å². The van der Waals surface area contributed by atoms with Gasteiger partial charge in [-0.2, -0.15) is 5.10 Å². The van der Waals surface area contributed by atoms with Crippen LogP contribution in [0.1, 0.15) is 21.9 Å². The molecule has 2 heterocycles. The molecule has 40 heavy (non-hydrogen) atoms. The first kappa shape index (κ1) is 27.6. The lowest BCUT2D eigenvalue weighted by Gasteiger charge is -2.23. The van der Waals surface area contributed by atoms with Crippen molar-refractivity contribution in [3.05, 3.63) is 101 Å². The summed E-state index contributed by atoms with van der Waals surface area (Å²) in [5.74, 6) is -0.158. The van der Waals surface area contributed by atoms with Gasteiger partial charge in [0.05, 0.1) is 22.4 Å². The minimum absolute atomic E-state index is 0.128. The van der Waals surface area contributed by atoms with Gasteiger partial charge in [-0.15, -0.1) is 11.8 Å². The summed E-state index contributed by atoms with van der Waals surface area (Å²) in [6.45, 7) is 2.99. The maximum Gasteiger partial charge on any atom is 0.240 e. The lowest BCUT2D eigenvalue weighted by molar-refractivity contribution is -0.122. The van der Waals surface area contributed by atoms with E-state index in [9.17, 15) is 14.0 Å². The van der Waals surface area contributed by atoms with E-state index < -0.39 is 0 Å². The summed E-state index contributed by atoms with van der Waals surface area (Å²) in [4.78, 5) is 30.4. The number of aromatic nitrogens is 2. The van der Waals surface area contributed by atoms with Crippen molar-refractivity contribution in [2.75, 3.05) is 44.4 Å². The normalized spacial score (nSPS) is 15.2. The molecule has 1 aromatic heterocycles. The molecule has 0 fully saturated rings. The van der Waals surface area contributed by atoms with Crippen molar-refractivity contribution in [2.45, 2.75) is 12.2 Å². The number of nitrogens with zero attached hydrogens (tertiary/aromatic N) is 4. The molecule has 7 nitrogen and oxygen atoms in total. The molecule has 0 spiro atoms. The van der Waals surface area contributed by atoms with Gasteiger partial charge in [0.1, 0.15) is 18.2 Å². The molecule has 9 heteroatoms. The molecule has 0 radical (unpaired) electrons. The summed E-state index contributed by atoms with van der Waals surface area (Å²) < 4.78 is 16.2. The number of aryl methyl sites for hydroxylation is 1. The molecule has 0 saturated heterocycles. The van der Waals surface area contributed by atoms with Gasteiger partial charge in [0, 0.05) is 24.2 Å². The number of halogens is 1. The van der Waals surface area contributed by atoms with Gasteiger partial charge < -0.3 is 10.2 Å². The SMILES string of the molecule is Cc1cccc(-n2nc(-c3ccccc3)c3c2N(CC(=O)NCCN(C)C)C(=O)CS[C@@H]3c2cccc(F)c2)c1. The topological polar surface area (TPSA) is 70.5 Å². The zero-order valence-electron chi connectivity index (χ0n) is 22.8. The van der Waals surface area contributed by atoms with Crippen molar-refractivity contribution in [1.82, 2.24) is 20.0 Å². The van der Waals surface area contributed by atoms with Crippen LogP contribution in [0.4, 0.5) is 10.2 Å². The van der Waals surface area contributed by atoms with E-state index in [0.29, 0.717) is 24.6 Å². The quantitative estimate of drug-likeness (QED) is 0.336. The number of hydrogen-bond donors (Lipinski definition) is 1. The first-order valence-corrected chi connectivity index (χ1v) is 14.2. The van der Waals surface area contributed by atoms with Crippen molar-refractivity contribution in [2.24, 2.45) is 0 Å². The maximum atomic E-state index is 14.5. The van der Waals surface area contributed by atoms with E-state index in [1.54, 1.807) is 10.7 Å². The predicted molar refractivity (Wildman–Crippen MR) is 158 cm³/mol. The molecule has 2 amide bonds. The molecule has 4 aromatic rings. The van der Waals surface area contributed by atoms with Gasteiger partial charge in [-0.25, -0.2) is 9.07 Å². The van der Waals surface area contributed by atoms with Crippen molar-refractivity contribution in [3.8, 4) is 16.9 Å². The Kier molecular flexibility index (Phi) is 8.32. The Bertz CT molecular complexity index is 1520. The number of anilines is 1. The molecular weight excluding hydrogens is 525 g/mol. The lowest BCUT2D eigenvalue weighted by atomic mass is 9.99. The largest absolute Gasteiger partial charge is 0.353 e. The molecule has 1 aliphatic heterocycles. The molecular formula is C31H32FN5O2S. The zero-order chi connectivity index (χ0) is 28.2. The number of nitrogens with one attached hydrogen (secondary N) is 1. The van der Waals surface area contributed by atoms with Crippen LogP contribution in [-0.2, 0) is 9.59 Å². The Labute approximate surface area is 238 Å². The highest BCUT2D eigenvalue weighted by atomic mass is 32.2. The maximum absolute atomic E-state index is 14.5. The second-order valence-electron chi connectivity index (χ2n) is 10.1. The fourth-order valence-electron chi connectivity index (χ4n) is 4.82. The summed E-state index contributed by atoms with van der Waals surface area (Å²) in [5, 5.41) is 7.61. The minimum atomic E-state index is -0.384. The van der Waals surface area contributed by atoms with Crippen LogP contribution in [-0.4, -0.2) is 66.0 Å². The van der Waals surface area contributed by atoms with Crippen LogP contribution < -0.4 is 10.2 Å². The smallest absolute Gasteiger partial charge is 0.240 e. The summed E-state index contributed by atoms with van der Waals surface area (Å²) in [5.41, 5.74) is 4.87. The first-order valence-electron chi connectivity index (χ1n) is 13.2. The second kappa shape index (κ2) is 12.1. The Morgan fingerprint density at radius 1 is 1.07 bits per heavy atom. The van der Waals surface area contributed by atoms with Crippen LogP contribution in [0.25, 0.3) is 16.9 Å². The number of thioether (sulfide) groups is 1. The van der Waals surface area contributed by atoms with E-state index >= 15 is 0 Å². The van der Waals surface area contributed by atoms with Gasteiger partial charge in [0.15, 0.2) is 0 Å². The van der Waals surface area contributed by atoms with Gasteiger partial charge >= 0.3 is 0 Å². The van der Waals surface area contributed by atoms with Crippen molar-refractivity contribution < 1.29 is 14.0 Å². The second-order valence-corrected chi connectivity index (χ2v) is 11.2. The van der Waals surface area contributed by atoms with Crippen molar-refractivity contribution in [3.63, 3.8) is 0 Å². The predicted octanol–water partition coefficient (Wildman–Crippen LogP) is 4.83. The number of carbonyl (C=O) groups is 2. The van der Waals surface area contributed by atoms with E-state index in [1.165, 1.54) is 28.8 Å². The third-order valence-corrected chi connectivity index (χ3v) is 7.97. The molecule has 1 N–H and O–H groups in total. The summed E-state index contributed by atoms with van der Waals surface area (Å²) in [6, 6.07) is 24.1. The molecule has 0 bridgehead atoms. The molecule has 1 atom stereocenters. The Hall–Kier alpha value is -3.95. The monoisotopic (exact) mass is 557 g/mol. The third-order valence-electron chi connectivity index (χ3n) is 6.72. The van der Waals surface area contributed by atoms with Gasteiger partial charge in [-0.1, -0.05) is 54.6 Å². The number of likely N-dealkylation sites (N-methyl/N-ethyl adjacent to an activating group) is 1. The van der Waals surface area contributed by atoms with E-state index in [-0.39, 0.29) is 35.2 Å². The van der Waals surface area contributed by atoms with Crippen LogP contribution in [0.15, 0.2) is 78.9 Å². The number of fused-ring (bicyclic) bond motifs is 1. The molecule has 206 valence electrons. The number of hydrogen-bond acceptors (Lipinski definition) is 5. The summed E-state index contributed by atoms with van der Waals surface area (Å²) >= 11 is 1.42. The fourth-order valence-corrected chi connectivity index (χ4v) is 6.01. The van der Waals surface area contributed by atoms with Crippen LogP contribution >= 0.6 is 11.8 Å². The van der Waals surface area contributed by atoms with Crippen LogP contribution in [0.2, 0.25) is 0 Å². The number of amides is 2. The first-order chi connectivity index (χ1) is 19.3. The van der Waals surface area contributed by atoms with E-state index in [1.807, 2.05) is 86.6 Å². The minimum Gasteiger partial charge on any atom is -0.353 e. The Morgan fingerprint density at radius 2 is 1.85 bits per heavy atom. The standard InChI is InChI=1S/C31H32FN5O2S/c1-21-9-7-14-25(17-21)37-31-28(29(34-37)22-10-5-4-6-11-22)30(23-12-8-13-24(32)18-23)40-20-27(39)36(31)19-26(38)33-15-16-35(2)3/h4-14,17-18,30H,15-16,19-20H2,1-3H3,(H,33,38)/t30-/m1/s1. The molecule has 0 unspecified atom stereocenters. The number of benzene rings is 3. The molecule has 1 aliphatic rings. The lowest BCUT2D eigenvalue weighted by Crippen LogP contribution is -2.43. The number of rotatable bonds is 8. The molecule has 0 aliphatic carbocycles. The van der Waals surface area contributed by atoms with Crippen molar-refractivity contribution in [1.29, 1.82) is 0 Å². The highest BCUT2D eigenvalue weighted by Crippen LogP contribution is 2.48. The number of carbonyl (C=O) groups excluding carboxylic acids is 2. The van der Waals surface area contributed by atoms with Crippen LogP contribution in [0.3, 0.4) is 0 Å². The van der Waals surface area contributed by atoms with E-state index in [0.717, 1.165) is 27.9 Å². The zero-order valence-corrected chi connectivity index (χ0v) is 23.6. The van der Waals surface area contributed by atoms with E-state index in [4.69, 9.17) is 5.10 Å². The summed E-state index contributed by atoms with van der Waals surface area (Å²) in [7, 11) is 3.87. The summed E-state index contributed by atoms with van der Waals surface area (Å²) in [6.07, 6.45) is 0. The van der Waals surface area contributed by atoms with Gasteiger partial charge in [0.25, 0.3) is 0 Å². The highest BCUT2D eigenvalue weighted by Gasteiger charge is 2.37. The molecule has 3 aromatic carbocycles. The Balaban J connectivity index is 1.73. The van der Waals surface area contributed by atoms with E-state index in [2.05, 4.69) is 5.32 Å². The Morgan fingerprint density at radius 3 is 2.58 bits per heavy atom. The molecule has 0 saturated carbocycles. The fraction of sp³-hybridized carbons (Fsp3) is 0.258. The van der Waals surface area contributed by atoms with Crippen LogP contribution in [0, 0.1) is 12.7 Å². The average molecular weight is 558 g/mol.